The van der Waals surface area contributed by atoms with Crippen molar-refractivity contribution >= 4 is 5.91 Å². The molecule has 0 saturated carbocycles. The lowest BCUT2D eigenvalue weighted by Gasteiger charge is -2.14. The van der Waals surface area contributed by atoms with E-state index < -0.39 is 0 Å². The predicted octanol–water partition coefficient (Wildman–Crippen LogP) is 3.56. The number of carbonyl (C=O) groups is 1. The van der Waals surface area contributed by atoms with Gasteiger partial charge in [-0.2, -0.15) is 10.2 Å². The van der Waals surface area contributed by atoms with Gasteiger partial charge in [0.2, 0.25) is 0 Å². The Balaban J connectivity index is 1.66. The van der Waals surface area contributed by atoms with Crippen molar-refractivity contribution in [2.75, 3.05) is 0 Å². The van der Waals surface area contributed by atoms with Gasteiger partial charge in [-0.15, -0.1) is 0 Å². The lowest BCUT2D eigenvalue weighted by atomic mass is 10.1. The largest absolute Gasteiger partial charge is 0.345 e. The quantitative estimate of drug-likeness (QED) is 0.726. The van der Waals surface area contributed by atoms with Gasteiger partial charge in [-0.05, 0) is 58.4 Å². The molecule has 3 aromatic rings. The molecule has 0 aliphatic rings. The number of carbonyl (C=O) groups excluding carboxylic acids is 1. The fourth-order valence-corrected chi connectivity index (χ4v) is 3.33. The third-order valence-electron chi connectivity index (χ3n) is 4.91. The first-order chi connectivity index (χ1) is 12.9. The molecule has 0 saturated heterocycles. The number of hydrogen-bond acceptors (Lipinski definition) is 3. The number of benzene rings is 1. The van der Waals surface area contributed by atoms with Crippen LogP contribution < -0.4 is 5.32 Å². The molecule has 0 aliphatic carbocycles. The molecule has 1 unspecified atom stereocenters. The van der Waals surface area contributed by atoms with E-state index in [0.29, 0.717) is 12.1 Å². The van der Waals surface area contributed by atoms with Crippen molar-refractivity contribution in [2.45, 2.75) is 53.8 Å². The zero-order chi connectivity index (χ0) is 19.6. The molecule has 1 atom stereocenters. The van der Waals surface area contributed by atoms with E-state index in [4.69, 9.17) is 0 Å². The molecule has 3 rings (SSSR count). The monoisotopic (exact) mass is 365 g/mol. The Morgan fingerprint density at radius 2 is 1.85 bits per heavy atom. The highest BCUT2D eigenvalue weighted by molar-refractivity contribution is 5.94. The molecule has 1 N–H and O–H groups in total. The van der Waals surface area contributed by atoms with E-state index in [1.807, 2.05) is 67.5 Å². The van der Waals surface area contributed by atoms with Crippen molar-refractivity contribution in [3.63, 3.8) is 0 Å². The van der Waals surface area contributed by atoms with Crippen molar-refractivity contribution in [1.29, 1.82) is 0 Å². The molecule has 6 nitrogen and oxygen atoms in total. The molecule has 1 aromatic carbocycles. The van der Waals surface area contributed by atoms with Crippen LogP contribution in [0.3, 0.4) is 0 Å². The Morgan fingerprint density at radius 3 is 2.41 bits per heavy atom. The molecular weight excluding hydrogens is 338 g/mol. The average molecular weight is 365 g/mol. The smallest absolute Gasteiger partial charge is 0.251 e. The summed E-state index contributed by atoms with van der Waals surface area (Å²) in [5, 5.41) is 11.9. The second-order valence-electron chi connectivity index (χ2n) is 6.98. The number of rotatable bonds is 6. The van der Waals surface area contributed by atoms with Crippen LogP contribution in [0.2, 0.25) is 0 Å². The lowest BCUT2D eigenvalue weighted by molar-refractivity contribution is 0.0940. The molecule has 142 valence electrons. The van der Waals surface area contributed by atoms with Crippen LogP contribution >= 0.6 is 0 Å². The fraction of sp³-hybridized carbons (Fsp3) is 0.381. The summed E-state index contributed by atoms with van der Waals surface area (Å²) in [5.74, 6) is -0.0798. The molecule has 0 radical (unpaired) electrons. The third-order valence-corrected chi connectivity index (χ3v) is 4.91. The summed E-state index contributed by atoms with van der Waals surface area (Å²) in [4.78, 5) is 12.6. The molecular formula is C21H27N5O. The highest BCUT2D eigenvalue weighted by Gasteiger charge is 2.16. The third kappa shape index (κ3) is 4.10. The van der Waals surface area contributed by atoms with Gasteiger partial charge in [0, 0.05) is 29.1 Å². The molecule has 0 bridgehead atoms. The maximum absolute atomic E-state index is 12.6. The van der Waals surface area contributed by atoms with E-state index in [2.05, 4.69) is 28.5 Å². The van der Waals surface area contributed by atoms with E-state index in [1.165, 1.54) is 0 Å². The minimum atomic E-state index is -0.0906. The van der Waals surface area contributed by atoms with Gasteiger partial charge in [-0.3, -0.25) is 14.2 Å². The average Bonchev–Trinajstić information content (AvgIpc) is 3.16. The molecule has 2 heterocycles. The maximum Gasteiger partial charge on any atom is 0.251 e. The summed E-state index contributed by atoms with van der Waals surface area (Å²) in [6.07, 6.45) is 1.83. The Labute approximate surface area is 160 Å². The zero-order valence-corrected chi connectivity index (χ0v) is 16.7. The molecule has 0 aliphatic heterocycles. The molecule has 0 fully saturated rings. The van der Waals surface area contributed by atoms with Crippen LogP contribution in [-0.4, -0.2) is 25.5 Å². The number of hydrogen-bond donors (Lipinski definition) is 1. The first-order valence-corrected chi connectivity index (χ1v) is 9.32. The molecule has 27 heavy (non-hydrogen) atoms. The number of amides is 1. The Bertz CT molecular complexity index is 936. The SMILES string of the molecule is CCn1ncc(C(C)NC(=O)c2ccc(Cn3nc(C)cc3C)cc2)c1C. The molecule has 1 amide bonds. The van der Waals surface area contributed by atoms with Crippen molar-refractivity contribution in [3.8, 4) is 0 Å². The Morgan fingerprint density at radius 1 is 1.15 bits per heavy atom. The van der Waals surface area contributed by atoms with E-state index in [9.17, 15) is 4.79 Å². The minimum Gasteiger partial charge on any atom is -0.345 e. The van der Waals surface area contributed by atoms with Crippen LogP contribution in [-0.2, 0) is 13.1 Å². The topological polar surface area (TPSA) is 64.7 Å². The van der Waals surface area contributed by atoms with E-state index in [-0.39, 0.29) is 11.9 Å². The summed E-state index contributed by atoms with van der Waals surface area (Å²) in [7, 11) is 0. The Kier molecular flexibility index (Phi) is 5.44. The van der Waals surface area contributed by atoms with Crippen LogP contribution in [0.15, 0.2) is 36.5 Å². The van der Waals surface area contributed by atoms with Crippen molar-refractivity contribution in [1.82, 2.24) is 24.9 Å². The van der Waals surface area contributed by atoms with Crippen molar-refractivity contribution in [2.24, 2.45) is 0 Å². The van der Waals surface area contributed by atoms with Crippen LogP contribution in [0.4, 0.5) is 0 Å². The zero-order valence-electron chi connectivity index (χ0n) is 16.7. The van der Waals surface area contributed by atoms with Gasteiger partial charge in [0.05, 0.1) is 24.5 Å². The van der Waals surface area contributed by atoms with Gasteiger partial charge in [0.1, 0.15) is 0 Å². The van der Waals surface area contributed by atoms with Gasteiger partial charge < -0.3 is 5.32 Å². The van der Waals surface area contributed by atoms with Gasteiger partial charge in [0.25, 0.3) is 5.91 Å². The van der Waals surface area contributed by atoms with Gasteiger partial charge in [-0.25, -0.2) is 0 Å². The summed E-state index contributed by atoms with van der Waals surface area (Å²) >= 11 is 0. The molecule has 2 aromatic heterocycles. The fourth-order valence-electron chi connectivity index (χ4n) is 3.33. The number of aryl methyl sites for hydroxylation is 3. The van der Waals surface area contributed by atoms with Crippen LogP contribution in [0, 0.1) is 20.8 Å². The summed E-state index contributed by atoms with van der Waals surface area (Å²) in [6.45, 7) is 11.6. The summed E-state index contributed by atoms with van der Waals surface area (Å²) in [6, 6.07) is 9.67. The minimum absolute atomic E-state index is 0.0798. The molecule has 0 spiro atoms. The van der Waals surface area contributed by atoms with Crippen LogP contribution in [0.25, 0.3) is 0 Å². The maximum atomic E-state index is 12.6. The normalized spacial score (nSPS) is 12.2. The van der Waals surface area contributed by atoms with Gasteiger partial charge in [-0.1, -0.05) is 12.1 Å². The number of nitrogens with zero attached hydrogens (tertiary/aromatic N) is 4. The number of nitrogens with one attached hydrogen (secondary N) is 1. The number of aromatic nitrogens is 4. The second-order valence-corrected chi connectivity index (χ2v) is 6.98. The summed E-state index contributed by atoms with van der Waals surface area (Å²) < 4.78 is 3.91. The van der Waals surface area contributed by atoms with Crippen LogP contribution in [0.5, 0.6) is 0 Å². The molecule has 6 heteroatoms. The van der Waals surface area contributed by atoms with E-state index in [1.54, 1.807) is 0 Å². The van der Waals surface area contributed by atoms with Crippen molar-refractivity contribution < 1.29 is 4.79 Å². The van der Waals surface area contributed by atoms with E-state index >= 15 is 0 Å². The van der Waals surface area contributed by atoms with E-state index in [0.717, 1.165) is 34.8 Å². The first-order valence-electron chi connectivity index (χ1n) is 9.32. The highest BCUT2D eigenvalue weighted by atomic mass is 16.1. The van der Waals surface area contributed by atoms with Gasteiger partial charge in [0.15, 0.2) is 0 Å². The van der Waals surface area contributed by atoms with Crippen LogP contribution in [0.1, 0.15) is 58.5 Å². The predicted molar refractivity (Wildman–Crippen MR) is 106 cm³/mol. The highest BCUT2D eigenvalue weighted by Crippen LogP contribution is 2.18. The van der Waals surface area contributed by atoms with Crippen molar-refractivity contribution in [3.05, 3.63) is 70.3 Å². The first kappa shape index (κ1) is 18.9. The standard InChI is InChI=1S/C21H27N5O/c1-6-25-17(5)20(12-22-25)16(4)23-21(27)19-9-7-18(8-10-19)13-26-15(3)11-14(2)24-26/h7-12,16H,6,13H2,1-5H3,(H,23,27). The second kappa shape index (κ2) is 7.78. The summed E-state index contributed by atoms with van der Waals surface area (Å²) in [5.41, 5.74) is 6.05. The van der Waals surface area contributed by atoms with Gasteiger partial charge >= 0.3 is 0 Å². The lowest BCUT2D eigenvalue weighted by Crippen LogP contribution is -2.27. The Hall–Kier alpha value is -2.89.